The summed E-state index contributed by atoms with van der Waals surface area (Å²) >= 11 is 3.33. The highest BCUT2D eigenvalue weighted by atomic mass is 79.9. The second-order valence-corrected chi connectivity index (χ2v) is 8.48. The molecule has 1 aliphatic rings. The molecule has 1 atom stereocenters. The van der Waals surface area contributed by atoms with Crippen LogP contribution < -0.4 is 5.32 Å². The molecule has 1 saturated heterocycles. The summed E-state index contributed by atoms with van der Waals surface area (Å²) in [5.41, 5.74) is 0. The third-order valence-electron chi connectivity index (χ3n) is 3.88. The van der Waals surface area contributed by atoms with Crippen LogP contribution in [0.3, 0.4) is 0 Å². The molecule has 2 rings (SSSR count). The van der Waals surface area contributed by atoms with E-state index in [1.165, 1.54) is 0 Å². The standard InChI is InChI=1S/C15H23BrN2O2S/c1-2-9-18(14-7-8-17-12-14)10-11-21(19,20)15-5-3-13(16)4-6-15/h3-6,14,17H,2,7-12H2,1H3. The van der Waals surface area contributed by atoms with E-state index in [2.05, 4.69) is 33.1 Å². The Balaban J connectivity index is 1.99. The maximum absolute atomic E-state index is 12.4. The van der Waals surface area contributed by atoms with Crippen molar-refractivity contribution in [1.29, 1.82) is 0 Å². The van der Waals surface area contributed by atoms with Crippen LogP contribution in [0.5, 0.6) is 0 Å². The van der Waals surface area contributed by atoms with E-state index in [4.69, 9.17) is 0 Å². The van der Waals surface area contributed by atoms with Crippen molar-refractivity contribution in [2.75, 3.05) is 31.9 Å². The van der Waals surface area contributed by atoms with Gasteiger partial charge in [0.1, 0.15) is 0 Å². The van der Waals surface area contributed by atoms with Crippen LogP contribution >= 0.6 is 15.9 Å². The highest BCUT2D eigenvalue weighted by Crippen LogP contribution is 2.17. The fraction of sp³-hybridized carbons (Fsp3) is 0.600. The maximum Gasteiger partial charge on any atom is 0.179 e. The third-order valence-corrected chi connectivity index (χ3v) is 6.12. The Kier molecular flexibility index (Phi) is 6.22. The van der Waals surface area contributed by atoms with Gasteiger partial charge < -0.3 is 5.32 Å². The quantitative estimate of drug-likeness (QED) is 0.795. The van der Waals surface area contributed by atoms with Crippen molar-refractivity contribution in [3.05, 3.63) is 28.7 Å². The molecule has 0 bridgehead atoms. The number of hydrogen-bond donors (Lipinski definition) is 1. The molecule has 118 valence electrons. The SMILES string of the molecule is CCCN(CCS(=O)(=O)c1ccc(Br)cc1)C1CCNC1. The number of nitrogens with one attached hydrogen (secondary N) is 1. The first-order valence-corrected chi connectivity index (χ1v) is 9.90. The number of sulfone groups is 1. The Morgan fingerprint density at radius 3 is 2.57 bits per heavy atom. The minimum atomic E-state index is -3.20. The van der Waals surface area contributed by atoms with Gasteiger partial charge >= 0.3 is 0 Å². The molecular weight excluding hydrogens is 352 g/mol. The zero-order valence-electron chi connectivity index (χ0n) is 12.4. The highest BCUT2D eigenvalue weighted by Gasteiger charge is 2.23. The van der Waals surface area contributed by atoms with Crippen molar-refractivity contribution in [1.82, 2.24) is 10.2 Å². The Labute approximate surface area is 136 Å². The van der Waals surface area contributed by atoms with Gasteiger partial charge in [0.15, 0.2) is 9.84 Å². The molecule has 1 aromatic carbocycles. The summed E-state index contributed by atoms with van der Waals surface area (Å²) in [6.07, 6.45) is 2.16. The molecule has 1 N–H and O–H groups in total. The van der Waals surface area contributed by atoms with Gasteiger partial charge in [0.2, 0.25) is 0 Å². The van der Waals surface area contributed by atoms with Gasteiger partial charge in [0.05, 0.1) is 10.6 Å². The molecule has 1 aromatic rings. The molecule has 21 heavy (non-hydrogen) atoms. The predicted octanol–water partition coefficient (Wildman–Crippen LogP) is 2.30. The van der Waals surface area contributed by atoms with E-state index in [1.54, 1.807) is 24.3 Å². The van der Waals surface area contributed by atoms with Crippen LogP contribution in [0.4, 0.5) is 0 Å². The molecule has 0 radical (unpaired) electrons. The summed E-state index contributed by atoms with van der Waals surface area (Å²) in [5.74, 6) is 0.186. The van der Waals surface area contributed by atoms with E-state index >= 15 is 0 Å². The van der Waals surface area contributed by atoms with Crippen LogP contribution in [-0.4, -0.2) is 51.3 Å². The van der Waals surface area contributed by atoms with Gasteiger partial charge in [0.25, 0.3) is 0 Å². The van der Waals surface area contributed by atoms with Crippen molar-refractivity contribution in [2.24, 2.45) is 0 Å². The molecule has 6 heteroatoms. The predicted molar refractivity (Wildman–Crippen MR) is 89.3 cm³/mol. The summed E-state index contributed by atoms with van der Waals surface area (Å²) in [6, 6.07) is 7.36. The second kappa shape index (κ2) is 7.72. The van der Waals surface area contributed by atoms with Crippen molar-refractivity contribution < 1.29 is 8.42 Å². The number of rotatable bonds is 7. The lowest BCUT2D eigenvalue weighted by molar-refractivity contribution is 0.220. The molecule has 0 spiro atoms. The number of nitrogens with zero attached hydrogens (tertiary/aromatic N) is 1. The first kappa shape index (κ1) is 16.9. The lowest BCUT2D eigenvalue weighted by atomic mass is 10.2. The minimum Gasteiger partial charge on any atom is -0.315 e. The number of halogens is 1. The zero-order chi connectivity index (χ0) is 15.3. The van der Waals surface area contributed by atoms with E-state index in [0.29, 0.717) is 17.5 Å². The number of hydrogen-bond acceptors (Lipinski definition) is 4. The van der Waals surface area contributed by atoms with Gasteiger partial charge in [-0.25, -0.2) is 8.42 Å². The molecular formula is C15H23BrN2O2S. The normalized spacial score (nSPS) is 19.3. The molecule has 0 aromatic heterocycles. The van der Waals surface area contributed by atoms with Crippen LogP contribution in [-0.2, 0) is 9.84 Å². The number of benzene rings is 1. The summed E-state index contributed by atoms with van der Waals surface area (Å²) in [7, 11) is -3.20. The first-order chi connectivity index (χ1) is 10.0. The molecule has 4 nitrogen and oxygen atoms in total. The lowest BCUT2D eigenvalue weighted by Gasteiger charge is -2.27. The molecule has 0 saturated carbocycles. The van der Waals surface area contributed by atoms with Crippen molar-refractivity contribution in [2.45, 2.75) is 30.7 Å². The fourth-order valence-electron chi connectivity index (χ4n) is 2.71. The van der Waals surface area contributed by atoms with Gasteiger partial charge in [0, 0.05) is 23.6 Å². The van der Waals surface area contributed by atoms with Crippen molar-refractivity contribution in [3.63, 3.8) is 0 Å². The Morgan fingerprint density at radius 1 is 1.29 bits per heavy atom. The van der Waals surface area contributed by atoms with Crippen LogP contribution in [0.25, 0.3) is 0 Å². The topological polar surface area (TPSA) is 49.4 Å². The van der Waals surface area contributed by atoms with Gasteiger partial charge in [-0.2, -0.15) is 0 Å². The fourth-order valence-corrected chi connectivity index (χ4v) is 4.24. The van der Waals surface area contributed by atoms with Crippen molar-refractivity contribution in [3.8, 4) is 0 Å². The summed E-state index contributed by atoms with van der Waals surface area (Å²) in [5, 5.41) is 3.35. The zero-order valence-corrected chi connectivity index (χ0v) is 14.8. The van der Waals surface area contributed by atoms with Crippen LogP contribution in [0.15, 0.2) is 33.6 Å². The van der Waals surface area contributed by atoms with Crippen LogP contribution in [0.2, 0.25) is 0 Å². The molecule has 1 heterocycles. The lowest BCUT2D eigenvalue weighted by Crippen LogP contribution is -2.40. The molecule has 1 aliphatic heterocycles. The average Bonchev–Trinajstić information content (AvgIpc) is 2.98. The largest absolute Gasteiger partial charge is 0.315 e. The Bertz CT molecular complexity index is 539. The summed E-state index contributed by atoms with van der Waals surface area (Å²) in [4.78, 5) is 2.72. The van der Waals surface area contributed by atoms with Crippen LogP contribution in [0, 0.1) is 0 Å². The van der Waals surface area contributed by atoms with Crippen molar-refractivity contribution >= 4 is 25.8 Å². The van der Waals surface area contributed by atoms with E-state index in [1.807, 2.05) is 0 Å². The van der Waals surface area contributed by atoms with Gasteiger partial charge in [-0.3, -0.25) is 4.90 Å². The maximum atomic E-state index is 12.4. The smallest absolute Gasteiger partial charge is 0.179 e. The Morgan fingerprint density at radius 2 is 2.00 bits per heavy atom. The van der Waals surface area contributed by atoms with E-state index < -0.39 is 9.84 Å². The third kappa shape index (κ3) is 4.77. The van der Waals surface area contributed by atoms with Crippen LogP contribution in [0.1, 0.15) is 19.8 Å². The minimum absolute atomic E-state index is 0.186. The molecule has 1 unspecified atom stereocenters. The summed E-state index contributed by atoms with van der Waals surface area (Å²) < 4.78 is 25.7. The first-order valence-electron chi connectivity index (χ1n) is 7.46. The molecule has 0 amide bonds. The highest BCUT2D eigenvalue weighted by molar-refractivity contribution is 9.10. The van der Waals surface area contributed by atoms with Gasteiger partial charge in [-0.1, -0.05) is 22.9 Å². The summed E-state index contributed by atoms with van der Waals surface area (Å²) in [6.45, 7) is 5.71. The van der Waals surface area contributed by atoms with E-state index in [9.17, 15) is 8.42 Å². The van der Waals surface area contributed by atoms with Gasteiger partial charge in [-0.15, -0.1) is 0 Å². The second-order valence-electron chi connectivity index (χ2n) is 5.46. The molecule has 1 fully saturated rings. The monoisotopic (exact) mass is 374 g/mol. The van der Waals surface area contributed by atoms with E-state index in [0.717, 1.165) is 36.9 Å². The Hall–Kier alpha value is -0.430. The van der Waals surface area contributed by atoms with Gasteiger partial charge in [-0.05, 0) is 50.2 Å². The molecule has 0 aliphatic carbocycles. The average molecular weight is 375 g/mol. The van der Waals surface area contributed by atoms with E-state index in [-0.39, 0.29) is 5.75 Å².